The number of amides is 2. The lowest BCUT2D eigenvalue weighted by molar-refractivity contribution is -0.136. The minimum atomic E-state index is -0.691. The Balaban J connectivity index is 1.25. The molecule has 8 heteroatoms. The molecule has 2 amide bonds. The normalized spacial score (nSPS) is 18.2. The van der Waals surface area contributed by atoms with E-state index in [1.165, 1.54) is 16.8 Å². The number of anilines is 2. The van der Waals surface area contributed by atoms with E-state index in [0.29, 0.717) is 36.9 Å². The molecule has 1 fully saturated rings. The molecular weight excluding hydrogens is 432 g/mol. The molecule has 2 N–H and O–H groups in total. The summed E-state index contributed by atoms with van der Waals surface area (Å²) in [5.74, 6) is -0.129. The number of ether oxygens (including phenoxy) is 2. The molecule has 0 saturated carbocycles. The smallest absolute Gasteiger partial charge is 0.313 e. The molecule has 0 unspecified atom stereocenters. The molecule has 0 spiro atoms. The minimum Gasteiger partial charge on any atom is -0.486 e. The molecule has 1 saturated heterocycles. The first-order chi connectivity index (χ1) is 16.6. The Kier molecular flexibility index (Phi) is 6.58. The van der Waals surface area contributed by atoms with Gasteiger partial charge in [0.25, 0.3) is 0 Å². The highest BCUT2D eigenvalue weighted by Crippen LogP contribution is 2.33. The average Bonchev–Trinajstić information content (AvgIpc) is 3.39. The van der Waals surface area contributed by atoms with Gasteiger partial charge in [-0.15, -0.1) is 0 Å². The predicted molar refractivity (Wildman–Crippen MR) is 131 cm³/mol. The van der Waals surface area contributed by atoms with Gasteiger partial charge in [0.1, 0.15) is 13.2 Å². The number of fused-ring (bicyclic) bond motifs is 2. The second kappa shape index (κ2) is 9.93. The third-order valence-electron chi connectivity index (χ3n) is 6.88. The summed E-state index contributed by atoms with van der Waals surface area (Å²) in [6, 6.07) is 11.8. The quantitative estimate of drug-likeness (QED) is 0.662. The van der Waals surface area contributed by atoms with Gasteiger partial charge in [0, 0.05) is 37.6 Å². The number of carbonyl (C=O) groups excluding carboxylic acids is 2. The zero-order valence-corrected chi connectivity index (χ0v) is 19.6. The maximum absolute atomic E-state index is 12.7. The van der Waals surface area contributed by atoms with Crippen molar-refractivity contribution in [2.45, 2.75) is 31.7 Å². The predicted octanol–water partition coefficient (Wildman–Crippen LogP) is 2.73. The van der Waals surface area contributed by atoms with Crippen LogP contribution in [0.3, 0.4) is 0 Å². The van der Waals surface area contributed by atoms with Crippen LogP contribution in [0.1, 0.15) is 36.4 Å². The Morgan fingerprint density at radius 2 is 1.74 bits per heavy atom. The van der Waals surface area contributed by atoms with E-state index < -0.39 is 11.8 Å². The number of aryl methyl sites for hydroxylation is 1. The van der Waals surface area contributed by atoms with Crippen LogP contribution < -0.4 is 25.0 Å². The fourth-order valence-electron chi connectivity index (χ4n) is 5.10. The summed E-state index contributed by atoms with van der Waals surface area (Å²) in [5, 5.41) is 5.54. The Labute approximate surface area is 200 Å². The van der Waals surface area contributed by atoms with Gasteiger partial charge in [-0.3, -0.25) is 14.5 Å². The highest BCUT2D eigenvalue weighted by Gasteiger charge is 2.27. The molecule has 3 aliphatic rings. The number of benzene rings is 2. The largest absolute Gasteiger partial charge is 0.486 e. The second-order valence-electron chi connectivity index (χ2n) is 9.19. The number of carbonyl (C=O) groups is 2. The molecular formula is C26H32N4O4. The number of nitrogens with one attached hydrogen (secondary N) is 2. The molecule has 1 atom stereocenters. The van der Waals surface area contributed by atoms with Crippen molar-refractivity contribution in [2.75, 3.05) is 56.7 Å². The van der Waals surface area contributed by atoms with Crippen molar-refractivity contribution in [1.82, 2.24) is 10.2 Å². The fraction of sp³-hybridized carbons (Fsp3) is 0.462. The van der Waals surface area contributed by atoms with Crippen molar-refractivity contribution in [3.63, 3.8) is 0 Å². The molecule has 0 aliphatic carbocycles. The third kappa shape index (κ3) is 4.82. The minimum absolute atomic E-state index is 0.0473. The van der Waals surface area contributed by atoms with Crippen LogP contribution in [0.2, 0.25) is 0 Å². The second-order valence-corrected chi connectivity index (χ2v) is 9.19. The van der Waals surface area contributed by atoms with Crippen molar-refractivity contribution in [3.05, 3.63) is 47.5 Å². The maximum atomic E-state index is 12.7. The number of likely N-dealkylation sites (tertiary alicyclic amines) is 1. The summed E-state index contributed by atoms with van der Waals surface area (Å²) in [5.41, 5.74) is 4.35. The van der Waals surface area contributed by atoms with E-state index in [2.05, 4.69) is 45.7 Å². The van der Waals surface area contributed by atoms with Gasteiger partial charge in [-0.2, -0.15) is 0 Å². The van der Waals surface area contributed by atoms with Gasteiger partial charge in [-0.1, -0.05) is 12.1 Å². The molecule has 3 heterocycles. The SMILES string of the molecule is CN1CCCc2cc([C@H](CNC(=O)C(=O)Nc3ccc4c(c3)OCCO4)N3CCCC3)ccc21. The lowest BCUT2D eigenvalue weighted by Crippen LogP contribution is -2.41. The van der Waals surface area contributed by atoms with E-state index in [4.69, 9.17) is 9.47 Å². The lowest BCUT2D eigenvalue weighted by Gasteiger charge is -2.31. The monoisotopic (exact) mass is 464 g/mol. The molecule has 34 heavy (non-hydrogen) atoms. The van der Waals surface area contributed by atoms with Crippen LogP contribution in [0, 0.1) is 0 Å². The summed E-state index contributed by atoms with van der Waals surface area (Å²) in [4.78, 5) is 29.9. The molecule has 0 aromatic heterocycles. The van der Waals surface area contributed by atoms with E-state index >= 15 is 0 Å². The Bertz CT molecular complexity index is 1070. The number of hydrogen-bond acceptors (Lipinski definition) is 6. The number of nitrogens with zero attached hydrogens (tertiary/aromatic N) is 2. The fourth-order valence-corrected chi connectivity index (χ4v) is 5.10. The Morgan fingerprint density at radius 3 is 2.56 bits per heavy atom. The van der Waals surface area contributed by atoms with Crippen LogP contribution in [0.4, 0.5) is 11.4 Å². The highest BCUT2D eigenvalue weighted by atomic mass is 16.6. The summed E-state index contributed by atoms with van der Waals surface area (Å²) in [6.07, 6.45) is 4.54. The van der Waals surface area contributed by atoms with Crippen LogP contribution in [0.25, 0.3) is 0 Å². The van der Waals surface area contributed by atoms with Crippen molar-refractivity contribution in [3.8, 4) is 11.5 Å². The summed E-state index contributed by atoms with van der Waals surface area (Å²) < 4.78 is 11.1. The zero-order chi connectivity index (χ0) is 23.5. The first-order valence-corrected chi connectivity index (χ1v) is 12.2. The molecule has 0 bridgehead atoms. The van der Waals surface area contributed by atoms with E-state index in [1.807, 2.05) is 0 Å². The summed E-state index contributed by atoms with van der Waals surface area (Å²) in [6.45, 7) is 4.43. The molecule has 2 aromatic carbocycles. The van der Waals surface area contributed by atoms with E-state index in [0.717, 1.165) is 45.3 Å². The highest BCUT2D eigenvalue weighted by molar-refractivity contribution is 6.39. The molecule has 8 nitrogen and oxygen atoms in total. The van der Waals surface area contributed by atoms with Crippen LogP contribution in [-0.2, 0) is 16.0 Å². The van der Waals surface area contributed by atoms with E-state index in [1.54, 1.807) is 18.2 Å². The maximum Gasteiger partial charge on any atom is 0.313 e. The van der Waals surface area contributed by atoms with Crippen molar-refractivity contribution in [1.29, 1.82) is 0 Å². The molecule has 2 aromatic rings. The Hall–Kier alpha value is -3.26. The van der Waals surface area contributed by atoms with Gasteiger partial charge in [0.05, 0.1) is 6.04 Å². The van der Waals surface area contributed by atoms with E-state index in [9.17, 15) is 9.59 Å². The summed E-state index contributed by atoms with van der Waals surface area (Å²) >= 11 is 0. The van der Waals surface area contributed by atoms with Crippen molar-refractivity contribution < 1.29 is 19.1 Å². The van der Waals surface area contributed by atoms with Crippen molar-refractivity contribution in [2.24, 2.45) is 0 Å². The van der Waals surface area contributed by atoms with Gasteiger partial charge in [0.15, 0.2) is 11.5 Å². The Morgan fingerprint density at radius 1 is 0.941 bits per heavy atom. The van der Waals surface area contributed by atoms with Gasteiger partial charge in [-0.25, -0.2) is 0 Å². The van der Waals surface area contributed by atoms with Crippen LogP contribution >= 0.6 is 0 Å². The number of hydrogen-bond donors (Lipinski definition) is 2. The van der Waals surface area contributed by atoms with Gasteiger partial charge in [-0.05, 0) is 68.1 Å². The van der Waals surface area contributed by atoms with Crippen LogP contribution in [0.5, 0.6) is 11.5 Å². The van der Waals surface area contributed by atoms with Crippen LogP contribution in [0.15, 0.2) is 36.4 Å². The summed E-state index contributed by atoms with van der Waals surface area (Å²) in [7, 11) is 2.14. The van der Waals surface area contributed by atoms with Gasteiger partial charge >= 0.3 is 11.8 Å². The standard InChI is InChI=1S/C26H32N4O4/c1-29-10-4-5-18-15-19(6-8-21(18)29)22(30-11-2-3-12-30)17-27-25(31)26(32)28-20-7-9-23-24(16-20)34-14-13-33-23/h6-9,15-16,22H,2-5,10-14,17H2,1H3,(H,27,31)(H,28,32)/t22-/m0/s1. The van der Waals surface area contributed by atoms with Gasteiger partial charge in [0.2, 0.25) is 0 Å². The topological polar surface area (TPSA) is 83.1 Å². The molecule has 3 aliphatic heterocycles. The number of rotatable bonds is 5. The van der Waals surface area contributed by atoms with Crippen LogP contribution in [-0.4, -0.2) is 63.2 Å². The van der Waals surface area contributed by atoms with Gasteiger partial charge < -0.3 is 25.0 Å². The van der Waals surface area contributed by atoms with Crippen molar-refractivity contribution >= 4 is 23.2 Å². The first-order valence-electron chi connectivity index (χ1n) is 12.2. The van der Waals surface area contributed by atoms with E-state index in [-0.39, 0.29) is 6.04 Å². The molecule has 180 valence electrons. The lowest BCUT2D eigenvalue weighted by atomic mass is 9.96. The molecule has 5 rings (SSSR count). The zero-order valence-electron chi connectivity index (χ0n) is 19.6. The first kappa shape index (κ1) is 22.5. The molecule has 0 radical (unpaired) electrons. The average molecular weight is 465 g/mol. The third-order valence-corrected chi connectivity index (χ3v) is 6.88.